The molecule has 0 unspecified atom stereocenters. The van der Waals surface area contributed by atoms with Gasteiger partial charge in [0.2, 0.25) is 5.91 Å². The van der Waals surface area contributed by atoms with Crippen LogP contribution in [0.4, 0.5) is 0 Å². The van der Waals surface area contributed by atoms with Crippen LogP contribution in [-0.2, 0) is 4.79 Å². The molecule has 0 aromatic heterocycles. The molecule has 0 fully saturated rings. The fourth-order valence-corrected chi connectivity index (χ4v) is 2.92. The summed E-state index contributed by atoms with van der Waals surface area (Å²) in [5.74, 6) is 1.86. The third-order valence-corrected chi connectivity index (χ3v) is 4.44. The second kappa shape index (κ2) is 9.74. The monoisotopic (exact) mass is 358 g/mol. The van der Waals surface area contributed by atoms with Crippen molar-refractivity contribution in [3.05, 3.63) is 53.6 Å². The molecule has 5 nitrogen and oxygen atoms in total. The zero-order chi connectivity index (χ0) is 18.1. The Morgan fingerprint density at radius 2 is 1.84 bits per heavy atom. The number of hydrazone groups is 1. The van der Waals surface area contributed by atoms with Crippen molar-refractivity contribution in [3.63, 3.8) is 0 Å². The van der Waals surface area contributed by atoms with E-state index in [1.54, 1.807) is 44.3 Å². The third-order valence-electron chi connectivity index (χ3n) is 3.43. The standard InChI is InChI=1S/C19H22N2O3S/c1-14-4-7-16(8-5-14)25-11-10-19(22)21-20-13-15-6-9-17(23-2)18(12-15)24-3/h4-9,12-13H,10-11H2,1-3H3,(H,21,22)/b20-13-. The van der Waals surface area contributed by atoms with Crippen molar-refractivity contribution in [1.82, 2.24) is 5.43 Å². The average Bonchev–Trinajstić information content (AvgIpc) is 2.63. The molecule has 0 saturated heterocycles. The van der Waals surface area contributed by atoms with Crippen LogP contribution in [0, 0.1) is 6.92 Å². The summed E-state index contributed by atoms with van der Waals surface area (Å²) in [6.07, 6.45) is 1.98. The molecular formula is C19H22N2O3S. The highest BCUT2D eigenvalue weighted by atomic mass is 32.2. The minimum absolute atomic E-state index is 0.115. The van der Waals surface area contributed by atoms with Gasteiger partial charge in [0.15, 0.2) is 11.5 Å². The summed E-state index contributed by atoms with van der Waals surface area (Å²) >= 11 is 1.65. The minimum Gasteiger partial charge on any atom is -0.493 e. The van der Waals surface area contributed by atoms with E-state index in [0.717, 1.165) is 10.5 Å². The van der Waals surface area contributed by atoms with Gasteiger partial charge in [0.05, 0.1) is 20.4 Å². The lowest BCUT2D eigenvalue weighted by Crippen LogP contribution is -2.17. The quantitative estimate of drug-likeness (QED) is 0.445. The van der Waals surface area contributed by atoms with Gasteiger partial charge in [-0.2, -0.15) is 5.10 Å². The first-order valence-electron chi connectivity index (χ1n) is 7.86. The molecule has 0 spiro atoms. The zero-order valence-electron chi connectivity index (χ0n) is 14.6. The van der Waals surface area contributed by atoms with Crippen LogP contribution in [0.25, 0.3) is 0 Å². The molecule has 0 radical (unpaired) electrons. The van der Waals surface area contributed by atoms with E-state index in [0.29, 0.717) is 23.7 Å². The van der Waals surface area contributed by atoms with E-state index in [4.69, 9.17) is 9.47 Å². The lowest BCUT2D eigenvalue weighted by molar-refractivity contribution is -0.120. The maximum Gasteiger partial charge on any atom is 0.240 e. The highest BCUT2D eigenvalue weighted by Crippen LogP contribution is 2.26. The van der Waals surface area contributed by atoms with Crippen LogP contribution < -0.4 is 14.9 Å². The van der Waals surface area contributed by atoms with Gasteiger partial charge in [-0.05, 0) is 42.8 Å². The zero-order valence-corrected chi connectivity index (χ0v) is 15.4. The number of methoxy groups -OCH3 is 2. The van der Waals surface area contributed by atoms with Crippen molar-refractivity contribution in [2.24, 2.45) is 5.10 Å². The third kappa shape index (κ3) is 6.15. The van der Waals surface area contributed by atoms with E-state index < -0.39 is 0 Å². The Hall–Kier alpha value is -2.47. The van der Waals surface area contributed by atoms with E-state index in [-0.39, 0.29) is 5.91 Å². The molecule has 25 heavy (non-hydrogen) atoms. The highest BCUT2D eigenvalue weighted by molar-refractivity contribution is 7.99. The van der Waals surface area contributed by atoms with Crippen LogP contribution in [0.5, 0.6) is 11.5 Å². The largest absolute Gasteiger partial charge is 0.493 e. The molecule has 0 heterocycles. The van der Waals surface area contributed by atoms with E-state index in [9.17, 15) is 4.79 Å². The maximum absolute atomic E-state index is 11.8. The minimum atomic E-state index is -0.115. The molecule has 0 atom stereocenters. The lowest BCUT2D eigenvalue weighted by Gasteiger charge is -2.07. The van der Waals surface area contributed by atoms with Crippen LogP contribution in [0.2, 0.25) is 0 Å². The van der Waals surface area contributed by atoms with Crippen LogP contribution in [0.3, 0.4) is 0 Å². The van der Waals surface area contributed by atoms with Crippen molar-refractivity contribution in [2.45, 2.75) is 18.2 Å². The predicted molar refractivity (Wildman–Crippen MR) is 102 cm³/mol. The summed E-state index contributed by atoms with van der Waals surface area (Å²) in [6, 6.07) is 13.7. The number of thioether (sulfide) groups is 1. The first-order chi connectivity index (χ1) is 12.1. The van der Waals surface area contributed by atoms with Gasteiger partial charge < -0.3 is 9.47 Å². The average molecular weight is 358 g/mol. The van der Waals surface area contributed by atoms with E-state index in [1.807, 2.05) is 6.07 Å². The number of amides is 1. The number of aryl methyl sites for hydroxylation is 1. The number of benzene rings is 2. The predicted octanol–water partition coefficient (Wildman–Crippen LogP) is 3.64. The van der Waals surface area contributed by atoms with E-state index in [2.05, 4.69) is 41.7 Å². The number of ether oxygens (including phenoxy) is 2. The second-order valence-corrected chi connectivity index (χ2v) is 6.49. The van der Waals surface area contributed by atoms with Crippen molar-refractivity contribution in [2.75, 3.05) is 20.0 Å². The molecular weight excluding hydrogens is 336 g/mol. The Morgan fingerprint density at radius 1 is 1.12 bits per heavy atom. The van der Waals surface area contributed by atoms with Gasteiger partial charge in [0, 0.05) is 17.1 Å². The van der Waals surface area contributed by atoms with Gasteiger partial charge in [0.25, 0.3) is 0 Å². The second-order valence-electron chi connectivity index (χ2n) is 5.32. The number of carbonyl (C=O) groups excluding carboxylic acids is 1. The molecule has 1 amide bonds. The molecule has 6 heteroatoms. The van der Waals surface area contributed by atoms with Crippen molar-refractivity contribution < 1.29 is 14.3 Å². The molecule has 1 N–H and O–H groups in total. The van der Waals surface area contributed by atoms with Crippen molar-refractivity contribution >= 4 is 23.9 Å². The number of rotatable bonds is 8. The Balaban J connectivity index is 1.77. The van der Waals surface area contributed by atoms with Crippen LogP contribution in [-0.4, -0.2) is 32.1 Å². The van der Waals surface area contributed by atoms with Crippen molar-refractivity contribution in [3.8, 4) is 11.5 Å². The normalized spacial score (nSPS) is 10.7. The summed E-state index contributed by atoms with van der Waals surface area (Å²) in [5, 5.41) is 3.98. The fourth-order valence-electron chi connectivity index (χ4n) is 2.06. The Kier molecular flexibility index (Phi) is 7.35. The van der Waals surface area contributed by atoms with Crippen LogP contribution >= 0.6 is 11.8 Å². The summed E-state index contributed by atoms with van der Waals surface area (Å²) in [7, 11) is 3.16. The molecule has 0 aliphatic carbocycles. The SMILES string of the molecule is COc1ccc(/C=N\NC(=O)CCSc2ccc(C)cc2)cc1OC. The first-order valence-corrected chi connectivity index (χ1v) is 8.84. The van der Waals surface area contributed by atoms with Gasteiger partial charge in [-0.1, -0.05) is 17.7 Å². The Bertz CT molecular complexity index is 730. The molecule has 0 aliphatic rings. The lowest BCUT2D eigenvalue weighted by atomic mass is 10.2. The highest BCUT2D eigenvalue weighted by Gasteiger charge is 2.04. The molecule has 2 aromatic rings. The Morgan fingerprint density at radius 3 is 2.52 bits per heavy atom. The number of nitrogens with one attached hydrogen (secondary N) is 1. The van der Waals surface area contributed by atoms with E-state index >= 15 is 0 Å². The van der Waals surface area contributed by atoms with E-state index in [1.165, 1.54) is 5.56 Å². The number of hydrogen-bond donors (Lipinski definition) is 1. The summed E-state index contributed by atoms with van der Waals surface area (Å²) in [6.45, 7) is 2.05. The molecule has 2 aromatic carbocycles. The van der Waals surface area contributed by atoms with Crippen LogP contribution in [0.15, 0.2) is 52.5 Å². The van der Waals surface area contributed by atoms with Gasteiger partial charge in [0.1, 0.15) is 0 Å². The van der Waals surface area contributed by atoms with Gasteiger partial charge >= 0.3 is 0 Å². The molecule has 2 rings (SSSR count). The molecule has 0 aliphatic heterocycles. The molecule has 0 bridgehead atoms. The number of hydrogen-bond acceptors (Lipinski definition) is 5. The summed E-state index contributed by atoms with van der Waals surface area (Å²) in [4.78, 5) is 13.0. The summed E-state index contributed by atoms with van der Waals surface area (Å²) in [5.41, 5.74) is 4.58. The molecule has 132 valence electrons. The number of nitrogens with zero attached hydrogens (tertiary/aromatic N) is 1. The van der Waals surface area contributed by atoms with Gasteiger partial charge in [-0.15, -0.1) is 11.8 Å². The van der Waals surface area contributed by atoms with Crippen molar-refractivity contribution in [1.29, 1.82) is 0 Å². The Labute approximate surface area is 152 Å². The van der Waals surface area contributed by atoms with Crippen LogP contribution in [0.1, 0.15) is 17.5 Å². The fraction of sp³-hybridized carbons (Fsp3) is 0.263. The smallest absolute Gasteiger partial charge is 0.240 e. The number of carbonyl (C=O) groups is 1. The van der Waals surface area contributed by atoms with Gasteiger partial charge in [-0.25, -0.2) is 5.43 Å². The molecule has 0 saturated carbocycles. The first kappa shape index (κ1) is 18.9. The summed E-state index contributed by atoms with van der Waals surface area (Å²) < 4.78 is 10.4. The van der Waals surface area contributed by atoms with Gasteiger partial charge in [-0.3, -0.25) is 4.79 Å². The maximum atomic E-state index is 11.8. The topological polar surface area (TPSA) is 59.9 Å².